The Balaban J connectivity index is 1.84. The van der Waals surface area contributed by atoms with Crippen LogP contribution in [0.4, 0.5) is 4.39 Å². The fourth-order valence-electron chi connectivity index (χ4n) is 1.43. The summed E-state index contributed by atoms with van der Waals surface area (Å²) in [7, 11) is 0. The summed E-state index contributed by atoms with van der Waals surface area (Å²) in [5.74, 6) is 0.669. The number of hydrogen-bond donors (Lipinski definition) is 0. The van der Waals surface area contributed by atoms with Crippen molar-refractivity contribution in [1.82, 2.24) is 0 Å². The lowest BCUT2D eigenvalue weighted by molar-refractivity contribution is 0.627. The predicted molar refractivity (Wildman–Crippen MR) is 80.9 cm³/mol. The Morgan fingerprint density at radius 2 is 1.67 bits per heavy atom. The summed E-state index contributed by atoms with van der Waals surface area (Å²) in [5.41, 5.74) is 2.30. The molecule has 0 aliphatic carbocycles. The van der Waals surface area contributed by atoms with Gasteiger partial charge in [-0.3, -0.25) is 0 Å². The van der Waals surface area contributed by atoms with Crippen LogP contribution in [0.2, 0.25) is 0 Å². The largest absolute Gasteiger partial charge is 0.207 e. The fourth-order valence-corrected chi connectivity index (χ4v) is 2.42. The highest BCUT2D eigenvalue weighted by molar-refractivity contribution is 9.10. The van der Waals surface area contributed by atoms with Crippen molar-refractivity contribution in [2.24, 2.45) is 0 Å². The second-order valence-electron chi connectivity index (χ2n) is 3.79. The number of halogens is 2. The minimum Gasteiger partial charge on any atom is -0.207 e. The Hall–Kier alpha value is -1.06. The molecule has 2 rings (SSSR count). The van der Waals surface area contributed by atoms with Crippen molar-refractivity contribution < 1.29 is 4.39 Å². The van der Waals surface area contributed by atoms with E-state index in [4.69, 9.17) is 0 Å². The van der Waals surface area contributed by atoms with Crippen LogP contribution in [0, 0.1) is 5.82 Å². The van der Waals surface area contributed by atoms with Crippen LogP contribution in [0.5, 0.6) is 0 Å². The van der Waals surface area contributed by atoms with E-state index < -0.39 is 0 Å². The first-order valence-corrected chi connectivity index (χ1v) is 7.36. The zero-order chi connectivity index (χ0) is 12.8. The average molecular weight is 323 g/mol. The summed E-state index contributed by atoms with van der Waals surface area (Å²) in [4.78, 5) is 0. The Morgan fingerprint density at radius 1 is 1.00 bits per heavy atom. The van der Waals surface area contributed by atoms with Crippen LogP contribution in [0.15, 0.2) is 58.4 Å². The van der Waals surface area contributed by atoms with Crippen molar-refractivity contribution in [3.05, 3.63) is 75.4 Å². The van der Waals surface area contributed by atoms with E-state index in [1.54, 1.807) is 11.8 Å². The summed E-state index contributed by atoms with van der Waals surface area (Å²) >= 11 is 5.10. The van der Waals surface area contributed by atoms with E-state index in [1.165, 1.54) is 17.7 Å². The molecule has 0 amide bonds. The SMILES string of the molecule is Fc1ccc(CSC=Cc2ccc(Br)cc2)cc1. The quantitative estimate of drug-likeness (QED) is 0.717. The molecule has 0 unspecified atom stereocenters. The van der Waals surface area contributed by atoms with Gasteiger partial charge in [-0.1, -0.05) is 40.2 Å². The van der Waals surface area contributed by atoms with Crippen molar-refractivity contribution in [2.45, 2.75) is 5.75 Å². The van der Waals surface area contributed by atoms with Crippen LogP contribution in [0.25, 0.3) is 6.08 Å². The lowest BCUT2D eigenvalue weighted by atomic mass is 10.2. The van der Waals surface area contributed by atoms with Crippen LogP contribution in [-0.2, 0) is 5.75 Å². The minimum atomic E-state index is -0.186. The first kappa shape index (κ1) is 13.4. The fraction of sp³-hybridized carbons (Fsp3) is 0.0667. The van der Waals surface area contributed by atoms with Crippen molar-refractivity contribution in [2.75, 3.05) is 0 Å². The van der Waals surface area contributed by atoms with Gasteiger partial charge in [-0.15, -0.1) is 11.8 Å². The van der Waals surface area contributed by atoms with Gasteiger partial charge in [0.1, 0.15) is 5.82 Å². The number of hydrogen-bond acceptors (Lipinski definition) is 1. The van der Waals surface area contributed by atoms with Gasteiger partial charge in [0.25, 0.3) is 0 Å². The summed E-state index contributed by atoms with van der Waals surface area (Å²) in [6.07, 6.45) is 2.07. The molecule has 0 spiro atoms. The summed E-state index contributed by atoms with van der Waals surface area (Å²) in [6, 6.07) is 14.8. The molecule has 0 aliphatic heterocycles. The van der Waals surface area contributed by atoms with Gasteiger partial charge in [0.05, 0.1) is 0 Å². The third-order valence-corrected chi connectivity index (χ3v) is 3.75. The molecule has 0 saturated heterocycles. The second kappa shape index (κ2) is 6.76. The molecule has 0 saturated carbocycles. The van der Waals surface area contributed by atoms with Gasteiger partial charge >= 0.3 is 0 Å². The first-order chi connectivity index (χ1) is 8.74. The van der Waals surface area contributed by atoms with Crippen LogP contribution >= 0.6 is 27.7 Å². The van der Waals surface area contributed by atoms with Crippen molar-refractivity contribution in [3.8, 4) is 0 Å². The number of rotatable bonds is 4. The Kier molecular flexibility index (Phi) is 5.02. The average Bonchev–Trinajstić information content (AvgIpc) is 2.39. The molecule has 0 N–H and O–H groups in total. The van der Waals surface area contributed by atoms with Crippen molar-refractivity contribution in [1.29, 1.82) is 0 Å². The first-order valence-electron chi connectivity index (χ1n) is 5.52. The maximum absolute atomic E-state index is 12.7. The van der Waals surface area contributed by atoms with E-state index in [0.29, 0.717) is 0 Å². The van der Waals surface area contributed by atoms with E-state index in [-0.39, 0.29) is 5.82 Å². The molecule has 0 bridgehead atoms. The third-order valence-electron chi connectivity index (χ3n) is 2.39. The van der Waals surface area contributed by atoms with E-state index in [2.05, 4.69) is 39.5 Å². The summed E-state index contributed by atoms with van der Waals surface area (Å²) in [5, 5.41) is 2.06. The number of thioether (sulfide) groups is 1. The van der Waals surface area contributed by atoms with Crippen molar-refractivity contribution >= 4 is 33.8 Å². The minimum absolute atomic E-state index is 0.186. The Bertz CT molecular complexity index is 517. The molecule has 0 aliphatic rings. The van der Waals surface area contributed by atoms with E-state index in [9.17, 15) is 4.39 Å². The lowest BCUT2D eigenvalue weighted by Crippen LogP contribution is -1.79. The highest BCUT2D eigenvalue weighted by Crippen LogP contribution is 2.17. The molecule has 92 valence electrons. The predicted octanol–water partition coefficient (Wildman–Crippen LogP) is 5.49. The topological polar surface area (TPSA) is 0 Å². The van der Waals surface area contributed by atoms with E-state index in [0.717, 1.165) is 15.8 Å². The molecule has 2 aromatic rings. The third kappa shape index (κ3) is 4.31. The molecule has 2 aromatic carbocycles. The zero-order valence-corrected chi connectivity index (χ0v) is 12.0. The molecule has 0 fully saturated rings. The van der Waals surface area contributed by atoms with Crippen LogP contribution < -0.4 is 0 Å². The maximum Gasteiger partial charge on any atom is 0.123 e. The zero-order valence-electron chi connectivity index (χ0n) is 9.64. The van der Waals surface area contributed by atoms with Gasteiger partial charge in [0, 0.05) is 10.2 Å². The molecule has 18 heavy (non-hydrogen) atoms. The standard InChI is InChI=1S/C15H12BrFS/c16-14-5-1-12(2-6-14)9-10-18-11-13-3-7-15(17)8-4-13/h1-10H,11H2. The van der Waals surface area contributed by atoms with Gasteiger partial charge in [-0.25, -0.2) is 4.39 Å². The van der Waals surface area contributed by atoms with Gasteiger partial charge in [0.15, 0.2) is 0 Å². The smallest absolute Gasteiger partial charge is 0.123 e. The van der Waals surface area contributed by atoms with Gasteiger partial charge in [-0.2, -0.15) is 0 Å². The molecular weight excluding hydrogens is 311 g/mol. The molecule has 0 heterocycles. The van der Waals surface area contributed by atoms with Gasteiger partial charge < -0.3 is 0 Å². The lowest BCUT2D eigenvalue weighted by Gasteiger charge is -1.98. The van der Waals surface area contributed by atoms with Crippen LogP contribution in [-0.4, -0.2) is 0 Å². The Labute approximate surface area is 119 Å². The van der Waals surface area contributed by atoms with Crippen molar-refractivity contribution in [3.63, 3.8) is 0 Å². The molecular formula is C15H12BrFS. The highest BCUT2D eigenvalue weighted by atomic mass is 79.9. The molecule has 0 atom stereocenters. The van der Waals surface area contributed by atoms with Gasteiger partial charge in [0.2, 0.25) is 0 Å². The van der Waals surface area contributed by atoms with E-state index >= 15 is 0 Å². The van der Waals surface area contributed by atoms with Crippen LogP contribution in [0.1, 0.15) is 11.1 Å². The molecule has 0 aromatic heterocycles. The highest BCUT2D eigenvalue weighted by Gasteiger charge is 1.93. The summed E-state index contributed by atoms with van der Waals surface area (Å²) < 4.78 is 13.8. The molecule has 0 radical (unpaired) electrons. The monoisotopic (exact) mass is 322 g/mol. The molecule has 0 nitrogen and oxygen atoms in total. The maximum atomic E-state index is 12.7. The normalized spacial score (nSPS) is 11.0. The number of benzene rings is 2. The Morgan fingerprint density at radius 3 is 2.33 bits per heavy atom. The van der Waals surface area contributed by atoms with Crippen LogP contribution in [0.3, 0.4) is 0 Å². The second-order valence-corrected chi connectivity index (χ2v) is 5.60. The van der Waals surface area contributed by atoms with E-state index in [1.807, 2.05) is 24.3 Å². The van der Waals surface area contributed by atoms with Gasteiger partial charge in [-0.05, 0) is 46.9 Å². The summed E-state index contributed by atoms with van der Waals surface area (Å²) in [6.45, 7) is 0. The molecule has 3 heteroatoms.